The van der Waals surface area contributed by atoms with E-state index in [-0.39, 0.29) is 17.4 Å². The number of benzene rings is 1. The normalized spacial score (nSPS) is 20.1. The van der Waals surface area contributed by atoms with E-state index in [4.69, 9.17) is 16.3 Å². The molecule has 154 valence electrons. The highest BCUT2D eigenvalue weighted by atomic mass is 35.5. The van der Waals surface area contributed by atoms with Crippen molar-refractivity contribution >= 4 is 29.3 Å². The molecule has 1 saturated carbocycles. The van der Waals surface area contributed by atoms with Crippen molar-refractivity contribution in [1.82, 2.24) is 9.88 Å². The highest BCUT2D eigenvalue weighted by molar-refractivity contribution is 8.00. The lowest BCUT2D eigenvalue weighted by atomic mass is 10.0. The number of rotatable bonds is 6. The second-order valence-electron chi connectivity index (χ2n) is 8.24. The Morgan fingerprint density at radius 2 is 2.07 bits per heavy atom. The van der Waals surface area contributed by atoms with E-state index in [1.807, 2.05) is 35.4 Å². The maximum absolute atomic E-state index is 12.5. The maximum atomic E-state index is 12.5. The molecular formula is C23H27ClN2O2S. The molecule has 0 N–H and O–H groups in total. The molecular weight excluding hydrogens is 404 g/mol. The molecule has 2 heterocycles. The van der Waals surface area contributed by atoms with Crippen LogP contribution in [0.5, 0.6) is 5.75 Å². The SMILES string of the molecule is CC(C)CN1C(=O)CSC1c1cnccc1-c1ccc(Cl)c(OC2CCCC2)c1. The Morgan fingerprint density at radius 1 is 1.28 bits per heavy atom. The van der Waals surface area contributed by atoms with E-state index >= 15 is 0 Å². The van der Waals surface area contributed by atoms with E-state index in [2.05, 4.69) is 18.8 Å². The Bertz CT molecular complexity index is 883. The highest BCUT2D eigenvalue weighted by Gasteiger charge is 2.34. The molecule has 2 aliphatic rings. The van der Waals surface area contributed by atoms with Crippen LogP contribution < -0.4 is 4.74 Å². The topological polar surface area (TPSA) is 42.4 Å². The minimum Gasteiger partial charge on any atom is -0.489 e. The Labute approximate surface area is 182 Å². The van der Waals surface area contributed by atoms with Gasteiger partial charge in [-0.3, -0.25) is 9.78 Å². The minimum absolute atomic E-state index is 0.0107. The van der Waals surface area contributed by atoms with Gasteiger partial charge in [0.05, 0.1) is 16.9 Å². The van der Waals surface area contributed by atoms with Crippen LogP contribution in [0.1, 0.15) is 50.5 Å². The first-order chi connectivity index (χ1) is 14.0. The van der Waals surface area contributed by atoms with Crippen molar-refractivity contribution in [3.63, 3.8) is 0 Å². The van der Waals surface area contributed by atoms with E-state index in [0.29, 0.717) is 16.7 Å². The van der Waals surface area contributed by atoms with Gasteiger partial charge in [-0.15, -0.1) is 11.8 Å². The van der Waals surface area contributed by atoms with Crippen molar-refractivity contribution in [3.8, 4) is 16.9 Å². The molecule has 1 aromatic carbocycles. The maximum Gasteiger partial charge on any atom is 0.233 e. The number of thioether (sulfide) groups is 1. The zero-order valence-electron chi connectivity index (χ0n) is 16.9. The fourth-order valence-corrected chi connectivity index (χ4v) is 5.50. The molecule has 6 heteroatoms. The van der Waals surface area contributed by atoms with Crippen LogP contribution in [-0.4, -0.2) is 34.2 Å². The molecule has 1 aliphatic carbocycles. The molecule has 1 unspecified atom stereocenters. The molecule has 1 aliphatic heterocycles. The van der Waals surface area contributed by atoms with E-state index in [9.17, 15) is 4.79 Å². The van der Waals surface area contributed by atoms with Gasteiger partial charge in [-0.25, -0.2) is 0 Å². The minimum atomic E-state index is -0.0107. The van der Waals surface area contributed by atoms with E-state index in [1.165, 1.54) is 12.8 Å². The largest absolute Gasteiger partial charge is 0.489 e. The smallest absolute Gasteiger partial charge is 0.233 e. The summed E-state index contributed by atoms with van der Waals surface area (Å²) in [6.45, 7) is 5.04. The van der Waals surface area contributed by atoms with Crippen molar-refractivity contribution < 1.29 is 9.53 Å². The second-order valence-corrected chi connectivity index (χ2v) is 9.71. The fourth-order valence-electron chi connectivity index (χ4n) is 4.12. The van der Waals surface area contributed by atoms with E-state index in [1.54, 1.807) is 18.0 Å². The van der Waals surface area contributed by atoms with E-state index < -0.39 is 0 Å². The molecule has 29 heavy (non-hydrogen) atoms. The molecule has 0 spiro atoms. The van der Waals surface area contributed by atoms with Gasteiger partial charge in [0.2, 0.25) is 5.91 Å². The summed E-state index contributed by atoms with van der Waals surface area (Å²) in [5.41, 5.74) is 3.19. The van der Waals surface area contributed by atoms with Crippen LogP contribution in [0.15, 0.2) is 36.7 Å². The van der Waals surface area contributed by atoms with Crippen LogP contribution in [0.3, 0.4) is 0 Å². The van der Waals surface area contributed by atoms with Crippen molar-refractivity contribution in [2.75, 3.05) is 12.3 Å². The summed E-state index contributed by atoms with van der Waals surface area (Å²) in [6.07, 6.45) is 8.57. The zero-order valence-corrected chi connectivity index (χ0v) is 18.5. The van der Waals surface area contributed by atoms with Crippen molar-refractivity contribution in [3.05, 3.63) is 47.2 Å². The zero-order chi connectivity index (χ0) is 20.4. The van der Waals surface area contributed by atoms with Gasteiger partial charge in [-0.1, -0.05) is 31.5 Å². The molecule has 4 nitrogen and oxygen atoms in total. The van der Waals surface area contributed by atoms with Gasteiger partial charge in [0, 0.05) is 24.5 Å². The van der Waals surface area contributed by atoms with Gasteiger partial charge in [0.25, 0.3) is 0 Å². The summed E-state index contributed by atoms with van der Waals surface area (Å²) < 4.78 is 6.21. The summed E-state index contributed by atoms with van der Waals surface area (Å²) in [7, 11) is 0. The summed E-state index contributed by atoms with van der Waals surface area (Å²) >= 11 is 8.11. The van der Waals surface area contributed by atoms with Crippen molar-refractivity contribution in [2.24, 2.45) is 5.92 Å². The van der Waals surface area contributed by atoms with Gasteiger partial charge in [-0.2, -0.15) is 0 Å². The van der Waals surface area contributed by atoms with Gasteiger partial charge in [-0.05, 0) is 60.9 Å². The highest BCUT2D eigenvalue weighted by Crippen LogP contribution is 2.43. The van der Waals surface area contributed by atoms with Crippen molar-refractivity contribution in [2.45, 2.75) is 51.0 Å². The third kappa shape index (κ3) is 4.56. The monoisotopic (exact) mass is 430 g/mol. The number of carbonyl (C=O) groups excluding carboxylic acids is 1. The number of aromatic nitrogens is 1. The van der Waals surface area contributed by atoms with Gasteiger partial charge in [0.1, 0.15) is 11.1 Å². The first-order valence-electron chi connectivity index (χ1n) is 10.3. The molecule has 1 atom stereocenters. The van der Waals surface area contributed by atoms with Gasteiger partial charge >= 0.3 is 0 Å². The fraction of sp³-hybridized carbons (Fsp3) is 0.478. The first-order valence-corrected chi connectivity index (χ1v) is 11.8. The number of ether oxygens (including phenoxy) is 1. The third-order valence-electron chi connectivity index (χ3n) is 5.49. The van der Waals surface area contributed by atoms with Crippen LogP contribution in [0, 0.1) is 5.92 Å². The molecule has 2 aromatic rings. The molecule has 4 rings (SSSR count). The lowest BCUT2D eigenvalue weighted by molar-refractivity contribution is -0.128. The summed E-state index contributed by atoms with van der Waals surface area (Å²) in [6, 6.07) is 7.99. The van der Waals surface area contributed by atoms with E-state index in [0.717, 1.165) is 41.8 Å². The molecule has 1 amide bonds. The first kappa shape index (κ1) is 20.5. The molecule has 2 fully saturated rings. The number of carbonyl (C=O) groups is 1. The number of halogens is 1. The number of hydrogen-bond acceptors (Lipinski definition) is 4. The number of pyridine rings is 1. The van der Waals surface area contributed by atoms with Crippen LogP contribution in [0.25, 0.3) is 11.1 Å². The lowest BCUT2D eigenvalue weighted by Crippen LogP contribution is -2.31. The third-order valence-corrected chi connectivity index (χ3v) is 7.04. The standard InChI is InChI=1S/C23H27ClN2O2S/c1-15(2)13-26-22(27)14-29-23(26)19-12-25-10-9-18(19)16-7-8-20(24)21(11-16)28-17-5-3-4-6-17/h7-12,15,17,23H,3-6,13-14H2,1-2H3. The second kappa shape index (κ2) is 8.97. The Hall–Kier alpha value is -1.72. The lowest BCUT2D eigenvalue weighted by Gasteiger charge is -2.27. The quantitative estimate of drug-likeness (QED) is 0.567. The summed E-state index contributed by atoms with van der Waals surface area (Å²) in [5, 5.41) is 0.631. The Morgan fingerprint density at radius 3 is 2.83 bits per heavy atom. The van der Waals surface area contributed by atoms with Crippen LogP contribution in [0.2, 0.25) is 5.02 Å². The summed E-state index contributed by atoms with van der Waals surface area (Å²) in [5.74, 6) is 1.88. The van der Waals surface area contributed by atoms with Gasteiger partial charge < -0.3 is 9.64 Å². The molecule has 0 bridgehead atoms. The number of nitrogens with zero attached hydrogens (tertiary/aromatic N) is 2. The molecule has 1 saturated heterocycles. The van der Waals surface area contributed by atoms with Crippen LogP contribution in [-0.2, 0) is 4.79 Å². The molecule has 0 radical (unpaired) electrons. The number of amides is 1. The predicted octanol–water partition coefficient (Wildman–Crippen LogP) is 5.95. The van der Waals surface area contributed by atoms with Crippen molar-refractivity contribution in [1.29, 1.82) is 0 Å². The van der Waals surface area contributed by atoms with Gasteiger partial charge in [0.15, 0.2) is 0 Å². The summed E-state index contributed by atoms with van der Waals surface area (Å²) in [4.78, 5) is 18.8. The number of hydrogen-bond donors (Lipinski definition) is 0. The average Bonchev–Trinajstić information content (AvgIpc) is 3.34. The predicted molar refractivity (Wildman–Crippen MR) is 119 cm³/mol. The van der Waals surface area contributed by atoms with Crippen LogP contribution >= 0.6 is 23.4 Å². The molecule has 1 aromatic heterocycles. The average molecular weight is 431 g/mol. The van der Waals surface area contributed by atoms with Crippen LogP contribution in [0.4, 0.5) is 0 Å². The Kier molecular flexibility index (Phi) is 6.35. The Balaban J connectivity index is 1.67.